The molecule has 3 rings (SSSR count). The average Bonchev–Trinajstić information content (AvgIpc) is 2.70. The van der Waals surface area contributed by atoms with E-state index in [1.807, 2.05) is 13.0 Å². The number of benzene rings is 2. The Morgan fingerprint density at radius 1 is 0.929 bits per heavy atom. The number of carbonyl (C=O) groups is 2. The molecule has 0 aliphatic carbocycles. The maximum Gasteiger partial charge on any atom is 0.257 e. The molecule has 2 aromatic carbocycles. The molecule has 0 saturated heterocycles. The lowest BCUT2D eigenvalue weighted by molar-refractivity contribution is 0.101. The van der Waals surface area contributed by atoms with Gasteiger partial charge in [-0.2, -0.15) is 0 Å². The third kappa shape index (κ3) is 4.94. The minimum Gasteiger partial charge on any atom is -0.494 e. The standard InChI is InChI=1S/C22H21N3O3/c1-3-28-21-9-7-18(8-10-21)25-22(27)17-12-20(14-23-13-17)24-19-6-4-5-16(11-19)15(2)26/h4-14,24H,3H2,1-2H3,(H,25,27). The van der Waals surface area contributed by atoms with E-state index in [1.54, 1.807) is 54.7 Å². The van der Waals surface area contributed by atoms with Crippen molar-refractivity contribution in [2.45, 2.75) is 13.8 Å². The van der Waals surface area contributed by atoms with Crippen LogP contribution in [0, 0.1) is 0 Å². The first-order valence-electron chi connectivity index (χ1n) is 8.92. The summed E-state index contributed by atoms with van der Waals surface area (Å²) in [7, 11) is 0. The lowest BCUT2D eigenvalue weighted by Gasteiger charge is -2.10. The van der Waals surface area contributed by atoms with E-state index in [0.29, 0.717) is 29.1 Å². The summed E-state index contributed by atoms with van der Waals surface area (Å²) in [6.45, 7) is 4.03. The summed E-state index contributed by atoms with van der Waals surface area (Å²) < 4.78 is 5.39. The lowest BCUT2D eigenvalue weighted by Crippen LogP contribution is -2.12. The van der Waals surface area contributed by atoms with Crippen molar-refractivity contribution in [2.24, 2.45) is 0 Å². The van der Waals surface area contributed by atoms with E-state index in [2.05, 4.69) is 15.6 Å². The number of Topliss-reactive ketones (excluding diaryl/α,β-unsaturated/α-hetero) is 1. The van der Waals surface area contributed by atoms with Crippen LogP contribution in [0.5, 0.6) is 5.75 Å². The van der Waals surface area contributed by atoms with Crippen LogP contribution in [0.4, 0.5) is 17.1 Å². The molecule has 142 valence electrons. The number of aromatic nitrogens is 1. The highest BCUT2D eigenvalue weighted by molar-refractivity contribution is 6.04. The minimum atomic E-state index is -0.266. The van der Waals surface area contributed by atoms with Crippen LogP contribution >= 0.6 is 0 Å². The first-order chi connectivity index (χ1) is 13.5. The van der Waals surface area contributed by atoms with Gasteiger partial charge in [0.1, 0.15) is 5.75 Å². The summed E-state index contributed by atoms with van der Waals surface area (Å²) >= 11 is 0. The quantitative estimate of drug-likeness (QED) is 0.586. The number of anilines is 3. The molecule has 0 aliphatic rings. The minimum absolute atomic E-state index is 0.00902. The predicted molar refractivity (Wildman–Crippen MR) is 110 cm³/mol. The summed E-state index contributed by atoms with van der Waals surface area (Å²) in [4.78, 5) is 28.2. The van der Waals surface area contributed by atoms with Crippen LogP contribution in [-0.2, 0) is 0 Å². The number of amides is 1. The van der Waals surface area contributed by atoms with Gasteiger partial charge in [0.25, 0.3) is 5.91 Å². The van der Waals surface area contributed by atoms with Crippen LogP contribution in [0.3, 0.4) is 0 Å². The van der Waals surface area contributed by atoms with Crippen molar-refractivity contribution in [3.05, 3.63) is 78.1 Å². The van der Waals surface area contributed by atoms with Gasteiger partial charge in [-0.05, 0) is 56.3 Å². The van der Waals surface area contributed by atoms with Gasteiger partial charge < -0.3 is 15.4 Å². The third-order valence-corrected chi connectivity index (χ3v) is 3.98. The number of ketones is 1. The zero-order chi connectivity index (χ0) is 19.9. The number of pyridine rings is 1. The normalized spacial score (nSPS) is 10.2. The van der Waals surface area contributed by atoms with E-state index in [0.717, 1.165) is 11.4 Å². The smallest absolute Gasteiger partial charge is 0.257 e. The average molecular weight is 375 g/mol. The molecule has 0 saturated carbocycles. The van der Waals surface area contributed by atoms with E-state index in [-0.39, 0.29) is 11.7 Å². The maximum atomic E-state index is 12.5. The van der Waals surface area contributed by atoms with E-state index in [1.165, 1.54) is 13.1 Å². The van der Waals surface area contributed by atoms with E-state index < -0.39 is 0 Å². The SMILES string of the molecule is CCOc1ccc(NC(=O)c2cncc(Nc3cccc(C(C)=O)c3)c2)cc1. The van der Waals surface area contributed by atoms with Crippen molar-refractivity contribution in [3.63, 3.8) is 0 Å². The van der Waals surface area contributed by atoms with Crippen LogP contribution in [0.25, 0.3) is 0 Å². The van der Waals surface area contributed by atoms with Crippen LogP contribution in [-0.4, -0.2) is 23.3 Å². The van der Waals surface area contributed by atoms with Crippen LogP contribution < -0.4 is 15.4 Å². The van der Waals surface area contributed by atoms with Gasteiger partial charge in [0.2, 0.25) is 0 Å². The van der Waals surface area contributed by atoms with Crippen molar-refractivity contribution < 1.29 is 14.3 Å². The third-order valence-electron chi connectivity index (χ3n) is 3.98. The Hall–Kier alpha value is -3.67. The van der Waals surface area contributed by atoms with E-state index in [9.17, 15) is 9.59 Å². The summed E-state index contributed by atoms with van der Waals surface area (Å²) in [6.07, 6.45) is 3.12. The molecule has 0 aliphatic heterocycles. The molecule has 0 spiro atoms. The zero-order valence-electron chi connectivity index (χ0n) is 15.7. The number of nitrogens with zero attached hydrogens (tertiary/aromatic N) is 1. The molecular formula is C22H21N3O3. The molecule has 6 heteroatoms. The Kier molecular flexibility index (Phi) is 6.01. The maximum absolute atomic E-state index is 12.5. The van der Waals surface area contributed by atoms with Gasteiger partial charge in [0.15, 0.2) is 5.78 Å². The second kappa shape index (κ2) is 8.81. The largest absolute Gasteiger partial charge is 0.494 e. The van der Waals surface area contributed by atoms with Gasteiger partial charge in [-0.3, -0.25) is 14.6 Å². The second-order valence-corrected chi connectivity index (χ2v) is 6.14. The highest BCUT2D eigenvalue weighted by atomic mass is 16.5. The fourth-order valence-electron chi connectivity index (χ4n) is 2.62. The van der Waals surface area contributed by atoms with Crippen LogP contribution in [0.15, 0.2) is 67.0 Å². The molecule has 6 nitrogen and oxygen atoms in total. The van der Waals surface area contributed by atoms with Crippen LogP contribution in [0.2, 0.25) is 0 Å². The molecule has 0 atom stereocenters. The number of nitrogens with one attached hydrogen (secondary N) is 2. The number of rotatable bonds is 7. The van der Waals surface area contributed by atoms with Gasteiger partial charge in [0, 0.05) is 23.1 Å². The van der Waals surface area contributed by atoms with Crippen LogP contribution in [0.1, 0.15) is 34.6 Å². The molecule has 0 fully saturated rings. The monoisotopic (exact) mass is 375 g/mol. The topological polar surface area (TPSA) is 80.3 Å². The molecule has 2 N–H and O–H groups in total. The first-order valence-corrected chi connectivity index (χ1v) is 8.92. The Morgan fingerprint density at radius 2 is 1.68 bits per heavy atom. The summed E-state index contributed by atoms with van der Waals surface area (Å²) in [5.74, 6) is 0.476. The number of carbonyl (C=O) groups excluding carboxylic acids is 2. The molecule has 3 aromatic rings. The Morgan fingerprint density at radius 3 is 2.39 bits per heavy atom. The number of hydrogen-bond donors (Lipinski definition) is 2. The Bertz CT molecular complexity index is 984. The second-order valence-electron chi connectivity index (χ2n) is 6.14. The molecule has 1 heterocycles. The summed E-state index contributed by atoms with van der Waals surface area (Å²) in [5.41, 5.74) is 3.10. The van der Waals surface area contributed by atoms with Gasteiger partial charge in [-0.1, -0.05) is 12.1 Å². The highest BCUT2D eigenvalue weighted by Gasteiger charge is 2.09. The van der Waals surface area contributed by atoms with E-state index >= 15 is 0 Å². The van der Waals surface area contributed by atoms with Crippen molar-refractivity contribution in [1.82, 2.24) is 4.98 Å². The molecular weight excluding hydrogens is 354 g/mol. The molecule has 1 aromatic heterocycles. The molecule has 0 radical (unpaired) electrons. The van der Waals surface area contributed by atoms with Gasteiger partial charge in [-0.15, -0.1) is 0 Å². The van der Waals surface area contributed by atoms with Gasteiger partial charge in [-0.25, -0.2) is 0 Å². The molecule has 28 heavy (non-hydrogen) atoms. The fraction of sp³-hybridized carbons (Fsp3) is 0.136. The predicted octanol–water partition coefficient (Wildman–Crippen LogP) is 4.68. The molecule has 0 unspecified atom stereocenters. The Labute approximate surface area is 163 Å². The van der Waals surface area contributed by atoms with Crippen molar-refractivity contribution in [2.75, 3.05) is 17.2 Å². The van der Waals surface area contributed by atoms with Crippen molar-refractivity contribution >= 4 is 28.8 Å². The van der Waals surface area contributed by atoms with Gasteiger partial charge >= 0.3 is 0 Å². The number of ether oxygens (including phenoxy) is 1. The van der Waals surface area contributed by atoms with E-state index in [4.69, 9.17) is 4.74 Å². The highest BCUT2D eigenvalue weighted by Crippen LogP contribution is 2.20. The Balaban J connectivity index is 1.70. The number of hydrogen-bond acceptors (Lipinski definition) is 5. The van der Waals surface area contributed by atoms with Crippen molar-refractivity contribution in [3.8, 4) is 5.75 Å². The van der Waals surface area contributed by atoms with Gasteiger partial charge in [0.05, 0.1) is 24.1 Å². The molecule has 0 bridgehead atoms. The zero-order valence-corrected chi connectivity index (χ0v) is 15.7. The lowest BCUT2D eigenvalue weighted by atomic mass is 10.1. The summed E-state index contributed by atoms with van der Waals surface area (Å²) in [5, 5.41) is 6.00. The molecule has 1 amide bonds. The fourth-order valence-corrected chi connectivity index (χ4v) is 2.62. The first kappa shape index (κ1) is 19.1. The summed E-state index contributed by atoms with van der Waals surface area (Å²) in [6, 6.07) is 16.0. The van der Waals surface area contributed by atoms with Crippen molar-refractivity contribution in [1.29, 1.82) is 0 Å².